The van der Waals surface area contributed by atoms with E-state index >= 15 is 0 Å². The lowest BCUT2D eigenvalue weighted by Gasteiger charge is -2.12. The zero-order chi connectivity index (χ0) is 14.4. The fourth-order valence-electron chi connectivity index (χ4n) is 1.99. The Balaban J connectivity index is 1.95. The minimum Gasteiger partial charge on any atom is -0.481 e. The zero-order valence-corrected chi connectivity index (χ0v) is 12.3. The first-order valence-electron chi connectivity index (χ1n) is 6.64. The van der Waals surface area contributed by atoms with Gasteiger partial charge in [0.2, 0.25) is 5.88 Å². The van der Waals surface area contributed by atoms with E-state index in [0.29, 0.717) is 5.88 Å². The molecule has 0 spiro atoms. The molecular weight excluding hydrogens is 250 g/mol. The summed E-state index contributed by atoms with van der Waals surface area (Å²) in [6, 6.07) is 12.4. The molecule has 4 heteroatoms. The molecule has 106 valence electrons. The number of hydrogen-bond acceptors (Lipinski definition) is 4. The van der Waals surface area contributed by atoms with Crippen LogP contribution in [0.25, 0.3) is 0 Å². The lowest BCUT2D eigenvalue weighted by molar-refractivity contribution is 0.397. The van der Waals surface area contributed by atoms with Crippen LogP contribution in [0.5, 0.6) is 5.88 Å². The molecule has 2 aromatic rings. The highest BCUT2D eigenvalue weighted by atomic mass is 16.5. The molecule has 1 N–H and O–H groups in total. The van der Waals surface area contributed by atoms with Crippen LogP contribution in [-0.4, -0.2) is 31.1 Å². The zero-order valence-electron chi connectivity index (χ0n) is 12.3. The summed E-state index contributed by atoms with van der Waals surface area (Å²) >= 11 is 0. The summed E-state index contributed by atoms with van der Waals surface area (Å²) in [7, 11) is 5.77. The Morgan fingerprint density at radius 3 is 2.65 bits per heavy atom. The third kappa shape index (κ3) is 4.24. The Morgan fingerprint density at radius 1 is 1.15 bits per heavy atom. The number of rotatable bonds is 6. The van der Waals surface area contributed by atoms with E-state index in [1.807, 2.05) is 18.3 Å². The SMILES string of the molecule is COc1ccc(CNc2cccc(CN(C)C)c2)cn1. The summed E-state index contributed by atoms with van der Waals surface area (Å²) < 4.78 is 5.05. The molecule has 0 aliphatic carbocycles. The maximum absolute atomic E-state index is 5.05. The van der Waals surface area contributed by atoms with Crippen molar-refractivity contribution >= 4 is 5.69 Å². The molecular formula is C16H21N3O. The molecule has 0 saturated carbocycles. The normalized spacial score (nSPS) is 10.6. The number of aromatic nitrogens is 1. The molecule has 1 heterocycles. The second kappa shape index (κ2) is 6.91. The Morgan fingerprint density at radius 2 is 2.00 bits per heavy atom. The second-order valence-electron chi connectivity index (χ2n) is 5.00. The van der Waals surface area contributed by atoms with E-state index in [4.69, 9.17) is 4.74 Å². The van der Waals surface area contributed by atoms with Crippen LogP contribution in [0.3, 0.4) is 0 Å². The van der Waals surface area contributed by atoms with Crippen LogP contribution >= 0.6 is 0 Å². The van der Waals surface area contributed by atoms with Crippen LogP contribution in [0.4, 0.5) is 5.69 Å². The minimum atomic E-state index is 0.640. The van der Waals surface area contributed by atoms with Gasteiger partial charge in [-0.2, -0.15) is 0 Å². The first-order chi connectivity index (χ1) is 9.67. The van der Waals surface area contributed by atoms with Crippen LogP contribution in [0.2, 0.25) is 0 Å². The molecule has 0 bridgehead atoms. The van der Waals surface area contributed by atoms with Crippen LogP contribution in [0, 0.1) is 0 Å². The fourth-order valence-corrected chi connectivity index (χ4v) is 1.99. The van der Waals surface area contributed by atoms with Gasteiger partial charge in [-0.15, -0.1) is 0 Å². The van der Waals surface area contributed by atoms with Gasteiger partial charge < -0.3 is 15.0 Å². The average Bonchev–Trinajstić information content (AvgIpc) is 2.45. The number of nitrogens with one attached hydrogen (secondary N) is 1. The van der Waals surface area contributed by atoms with E-state index in [-0.39, 0.29) is 0 Å². The third-order valence-corrected chi connectivity index (χ3v) is 2.93. The highest BCUT2D eigenvalue weighted by Crippen LogP contribution is 2.14. The van der Waals surface area contributed by atoms with E-state index in [1.54, 1.807) is 7.11 Å². The van der Waals surface area contributed by atoms with Crippen molar-refractivity contribution in [3.63, 3.8) is 0 Å². The summed E-state index contributed by atoms with van der Waals surface area (Å²) in [5.41, 5.74) is 3.55. The summed E-state index contributed by atoms with van der Waals surface area (Å²) in [5, 5.41) is 3.41. The Hall–Kier alpha value is -2.07. The van der Waals surface area contributed by atoms with Crippen molar-refractivity contribution in [3.8, 4) is 5.88 Å². The van der Waals surface area contributed by atoms with Gasteiger partial charge in [0.15, 0.2) is 0 Å². The fraction of sp³-hybridized carbons (Fsp3) is 0.312. The van der Waals surface area contributed by atoms with Gasteiger partial charge in [-0.25, -0.2) is 4.98 Å². The maximum Gasteiger partial charge on any atom is 0.212 e. The lowest BCUT2D eigenvalue weighted by atomic mass is 10.2. The molecule has 0 aliphatic heterocycles. The molecule has 0 aliphatic rings. The van der Waals surface area contributed by atoms with Gasteiger partial charge in [0, 0.05) is 31.0 Å². The topological polar surface area (TPSA) is 37.4 Å². The number of nitrogens with zero attached hydrogens (tertiary/aromatic N) is 2. The second-order valence-corrected chi connectivity index (χ2v) is 5.00. The molecule has 0 unspecified atom stereocenters. The van der Waals surface area contributed by atoms with Gasteiger partial charge in [-0.05, 0) is 37.4 Å². The van der Waals surface area contributed by atoms with Crippen LogP contribution in [0.1, 0.15) is 11.1 Å². The van der Waals surface area contributed by atoms with Gasteiger partial charge in [-0.3, -0.25) is 0 Å². The molecule has 0 radical (unpaired) electrons. The lowest BCUT2D eigenvalue weighted by Crippen LogP contribution is -2.10. The number of ether oxygens (including phenoxy) is 1. The highest BCUT2D eigenvalue weighted by Gasteiger charge is 1.99. The monoisotopic (exact) mass is 271 g/mol. The Labute approximate surface area is 120 Å². The predicted molar refractivity (Wildman–Crippen MR) is 81.9 cm³/mol. The van der Waals surface area contributed by atoms with Crippen molar-refractivity contribution in [3.05, 3.63) is 53.7 Å². The van der Waals surface area contributed by atoms with Crippen molar-refractivity contribution in [2.24, 2.45) is 0 Å². The third-order valence-electron chi connectivity index (χ3n) is 2.93. The summed E-state index contributed by atoms with van der Waals surface area (Å²) in [6.45, 7) is 1.70. The van der Waals surface area contributed by atoms with Gasteiger partial charge in [0.25, 0.3) is 0 Å². The van der Waals surface area contributed by atoms with Gasteiger partial charge in [-0.1, -0.05) is 18.2 Å². The number of pyridine rings is 1. The minimum absolute atomic E-state index is 0.640. The largest absolute Gasteiger partial charge is 0.481 e. The average molecular weight is 271 g/mol. The number of hydrogen-bond donors (Lipinski definition) is 1. The van der Waals surface area contributed by atoms with E-state index in [9.17, 15) is 0 Å². The van der Waals surface area contributed by atoms with Crippen molar-refractivity contribution < 1.29 is 4.74 Å². The molecule has 1 aromatic heterocycles. The van der Waals surface area contributed by atoms with E-state index in [2.05, 4.69) is 53.6 Å². The summed E-state index contributed by atoms with van der Waals surface area (Å²) in [6.07, 6.45) is 1.83. The predicted octanol–water partition coefficient (Wildman–Crippen LogP) is 2.76. The summed E-state index contributed by atoms with van der Waals surface area (Å²) in [4.78, 5) is 6.36. The van der Waals surface area contributed by atoms with Gasteiger partial charge in [0.1, 0.15) is 0 Å². The van der Waals surface area contributed by atoms with Crippen molar-refractivity contribution in [1.29, 1.82) is 0 Å². The first kappa shape index (κ1) is 14.3. The molecule has 20 heavy (non-hydrogen) atoms. The smallest absolute Gasteiger partial charge is 0.212 e. The Bertz CT molecular complexity index is 538. The molecule has 0 atom stereocenters. The quantitative estimate of drug-likeness (QED) is 0.876. The summed E-state index contributed by atoms with van der Waals surface area (Å²) in [5.74, 6) is 0.640. The standard InChI is InChI=1S/C16H21N3O/c1-19(2)12-13-5-4-6-15(9-13)17-10-14-7-8-16(20-3)18-11-14/h4-9,11,17H,10,12H2,1-3H3. The van der Waals surface area contributed by atoms with Crippen LogP contribution < -0.4 is 10.1 Å². The number of benzene rings is 1. The van der Waals surface area contributed by atoms with E-state index in [0.717, 1.165) is 24.3 Å². The van der Waals surface area contributed by atoms with Gasteiger partial charge >= 0.3 is 0 Å². The van der Waals surface area contributed by atoms with Crippen molar-refractivity contribution in [2.45, 2.75) is 13.1 Å². The number of anilines is 1. The van der Waals surface area contributed by atoms with Gasteiger partial charge in [0.05, 0.1) is 7.11 Å². The van der Waals surface area contributed by atoms with E-state index in [1.165, 1.54) is 5.56 Å². The molecule has 0 saturated heterocycles. The molecule has 0 amide bonds. The van der Waals surface area contributed by atoms with Crippen molar-refractivity contribution in [1.82, 2.24) is 9.88 Å². The maximum atomic E-state index is 5.05. The van der Waals surface area contributed by atoms with E-state index < -0.39 is 0 Å². The first-order valence-corrected chi connectivity index (χ1v) is 6.64. The van der Waals surface area contributed by atoms with Crippen LogP contribution in [0.15, 0.2) is 42.6 Å². The molecule has 4 nitrogen and oxygen atoms in total. The molecule has 2 rings (SSSR count). The number of methoxy groups -OCH3 is 1. The van der Waals surface area contributed by atoms with Crippen molar-refractivity contribution in [2.75, 3.05) is 26.5 Å². The van der Waals surface area contributed by atoms with Crippen LogP contribution in [-0.2, 0) is 13.1 Å². The molecule has 0 fully saturated rings. The molecule has 1 aromatic carbocycles. The Kier molecular flexibility index (Phi) is 4.96. The highest BCUT2D eigenvalue weighted by molar-refractivity contribution is 5.46.